The molecule has 1 rings (SSSR count). The monoisotopic (exact) mass is 253 g/mol. The average molecular weight is 253 g/mol. The standard InChI is InChI=1S/C12H15NO3S/c1-9(14)17-8-11(12(15)16)13-7-10-5-3-2-4-6-10/h2-6,11,13H,7-8H2,1H3,(H,15,16)/t11-/m1/s1. The fourth-order valence-corrected chi connectivity index (χ4v) is 1.92. The quantitative estimate of drug-likeness (QED) is 0.804. The Kier molecular flexibility index (Phi) is 5.72. The molecule has 0 spiro atoms. The molecule has 0 saturated carbocycles. The highest BCUT2D eigenvalue weighted by molar-refractivity contribution is 8.13. The molecule has 0 aromatic heterocycles. The number of nitrogens with one attached hydrogen (secondary N) is 1. The molecule has 17 heavy (non-hydrogen) atoms. The number of carboxylic acids is 1. The maximum absolute atomic E-state index is 10.9. The van der Waals surface area contributed by atoms with Crippen molar-refractivity contribution in [2.24, 2.45) is 0 Å². The zero-order valence-corrected chi connectivity index (χ0v) is 10.4. The summed E-state index contributed by atoms with van der Waals surface area (Å²) in [6.45, 7) is 1.91. The van der Waals surface area contributed by atoms with E-state index in [-0.39, 0.29) is 10.9 Å². The summed E-state index contributed by atoms with van der Waals surface area (Å²) >= 11 is 1.02. The Hall–Kier alpha value is -1.33. The third-order valence-corrected chi connectivity index (χ3v) is 3.05. The van der Waals surface area contributed by atoms with Gasteiger partial charge in [0.2, 0.25) is 0 Å². The van der Waals surface area contributed by atoms with Gasteiger partial charge in [-0.2, -0.15) is 0 Å². The minimum absolute atomic E-state index is 0.0715. The Bertz CT molecular complexity index is 381. The van der Waals surface area contributed by atoms with E-state index in [0.29, 0.717) is 6.54 Å². The average Bonchev–Trinajstić information content (AvgIpc) is 2.29. The number of thioether (sulfide) groups is 1. The third kappa shape index (κ3) is 5.51. The van der Waals surface area contributed by atoms with Gasteiger partial charge in [-0.3, -0.25) is 14.9 Å². The molecule has 0 aliphatic heterocycles. The second-order valence-electron chi connectivity index (χ2n) is 3.56. The van der Waals surface area contributed by atoms with E-state index < -0.39 is 12.0 Å². The van der Waals surface area contributed by atoms with E-state index in [1.54, 1.807) is 0 Å². The Morgan fingerprint density at radius 2 is 2.00 bits per heavy atom. The highest BCUT2D eigenvalue weighted by Crippen LogP contribution is 2.05. The van der Waals surface area contributed by atoms with Gasteiger partial charge in [0.05, 0.1) is 0 Å². The summed E-state index contributed by atoms with van der Waals surface area (Å²) in [5.74, 6) is -0.688. The molecule has 92 valence electrons. The van der Waals surface area contributed by atoms with Crippen molar-refractivity contribution in [2.45, 2.75) is 19.5 Å². The molecule has 4 nitrogen and oxygen atoms in total. The van der Waals surface area contributed by atoms with Crippen LogP contribution in [0.1, 0.15) is 12.5 Å². The van der Waals surface area contributed by atoms with E-state index in [2.05, 4.69) is 5.32 Å². The van der Waals surface area contributed by atoms with Crippen LogP contribution in [0.2, 0.25) is 0 Å². The lowest BCUT2D eigenvalue weighted by atomic mass is 10.2. The molecule has 5 heteroatoms. The Morgan fingerprint density at radius 3 is 2.53 bits per heavy atom. The van der Waals surface area contributed by atoms with Crippen molar-refractivity contribution in [1.29, 1.82) is 0 Å². The SMILES string of the molecule is CC(=O)SC[C@@H](NCc1ccccc1)C(=O)O. The number of rotatable bonds is 6. The van der Waals surface area contributed by atoms with Crippen LogP contribution in [-0.4, -0.2) is 28.0 Å². The van der Waals surface area contributed by atoms with Gasteiger partial charge in [-0.15, -0.1) is 0 Å². The molecule has 0 unspecified atom stereocenters. The summed E-state index contributed by atoms with van der Waals surface area (Å²) in [6, 6.07) is 8.84. The van der Waals surface area contributed by atoms with E-state index in [1.165, 1.54) is 6.92 Å². The smallest absolute Gasteiger partial charge is 0.321 e. The zero-order valence-electron chi connectivity index (χ0n) is 9.55. The van der Waals surface area contributed by atoms with Crippen LogP contribution in [0.4, 0.5) is 0 Å². The third-order valence-electron chi connectivity index (χ3n) is 2.15. The number of hydrogen-bond acceptors (Lipinski definition) is 4. The highest BCUT2D eigenvalue weighted by Gasteiger charge is 2.17. The van der Waals surface area contributed by atoms with Crippen LogP contribution < -0.4 is 5.32 Å². The van der Waals surface area contributed by atoms with Crippen LogP contribution >= 0.6 is 11.8 Å². The van der Waals surface area contributed by atoms with Crippen LogP contribution in [0.25, 0.3) is 0 Å². The molecule has 0 aliphatic rings. The maximum Gasteiger partial charge on any atom is 0.321 e. The lowest BCUT2D eigenvalue weighted by molar-refractivity contribution is -0.138. The lowest BCUT2D eigenvalue weighted by Gasteiger charge is -2.13. The van der Waals surface area contributed by atoms with E-state index in [0.717, 1.165) is 17.3 Å². The molecule has 0 aliphatic carbocycles. The number of benzene rings is 1. The molecule has 2 N–H and O–H groups in total. The molecule has 1 aromatic rings. The van der Waals surface area contributed by atoms with E-state index in [9.17, 15) is 9.59 Å². The predicted molar refractivity (Wildman–Crippen MR) is 67.8 cm³/mol. The number of carbonyl (C=O) groups excluding carboxylic acids is 1. The summed E-state index contributed by atoms with van der Waals surface area (Å²) in [5.41, 5.74) is 1.02. The van der Waals surface area contributed by atoms with Crippen molar-refractivity contribution in [3.63, 3.8) is 0 Å². The normalized spacial score (nSPS) is 12.1. The molecule has 0 heterocycles. The van der Waals surface area contributed by atoms with E-state index in [4.69, 9.17) is 5.11 Å². The van der Waals surface area contributed by atoms with Gasteiger partial charge in [-0.25, -0.2) is 0 Å². The summed E-state index contributed by atoms with van der Waals surface area (Å²) < 4.78 is 0. The van der Waals surface area contributed by atoms with Gasteiger partial charge in [-0.1, -0.05) is 42.1 Å². The van der Waals surface area contributed by atoms with Crippen molar-refractivity contribution in [1.82, 2.24) is 5.32 Å². The van der Waals surface area contributed by atoms with E-state index in [1.807, 2.05) is 30.3 Å². The van der Waals surface area contributed by atoms with E-state index >= 15 is 0 Å². The highest BCUT2D eigenvalue weighted by atomic mass is 32.2. The summed E-state index contributed by atoms with van der Waals surface area (Å²) in [6.07, 6.45) is 0. The number of aliphatic carboxylic acids is 1. The number of carbonyl (C=O) groups is 2. The largest absolute Gasteiger partial charge is 0.480 e. The molecule has 0 saturated heterocycles. The van der Waals surface area contributed by atoms with Crippen LogP contribution in [0.5, 0.6) is 0 Å². The topological polar surface area (TPSA) is 66.4 Å². The first-order chi connectivity index (χ1) is 8.09. The molecule has 0 radical (unpaired) electrons. The summed E-state index contributed by atoms with van der Waals surface area (Å²) in [5, 5.41) is 11.8. The molecular weight excluding hydrogens is 238 g/mol. The second-order valence-corrected chi connectivity index (χ2v) is 4.76. The van der Waals surface area contributed by atoms with Gasteiger partial charge in [0, 0.05) is 19.2 Å². The van der Waals surface area contributed by atoms with Gasteiger partial charge in [-0.05, 0) is 5.56 Å². The van der Waals surface area contributed by atoms with Gasteiger partial charge < -0.3 is 5.11 Å². The first kappa shape index (κ1) is 13.7. The fourth-order valence-electron chi connectivity index (χ4n) is 1.26. The lowest BCUT2D eigenvalue weighted by Crippen LogP contribution is -2.38. The Morgan fingerprint density at radius 1 is 1.35 bits per heavy atom. The fraction of sp³-hybridized carbons (Fsp3) is 0.333. The zero-order chi connectivity index (χ0) is 12.7. The van der Waals surface area contributed by atoms with Gasteiger partial charge in [0.1, 0.15) is 6.04 Å². The molecular formula is C12H15NO3S. The Labute approximate surface area is 104 Å². The van der Waals surface area contributed by atoms with Crippen LogP contribution in [-0.2, 0) is 16.1 Å². The Balaban J connectivity index is 2.45. The first-order valence-corrected chi connectivity index (χ1v) is 6.21. The summed E-state index contributed by atoms with van der Waals surface area (Å²) in [7, 11) is 0. The van der Waals surface area contributed by atoms with Crippen LogP contribution in [0, 0.1) is 0 Å². The summed E-state index contributed by atoms with van der Waals surface area (Å²) in [4.78, 5) is 21.7. The van der Waals surface area contributed by atoms with Gasteiger partial charge in [0.25, 0.3) is 0 Å². The first-order valence-electron chi connectivity index (χ1n) is 5.23. The molecule has 0 amide bonds. The molecule has 1 aromatic carbocycles. The predicted octanol–water partition coefficient (Wildman–Crippen LogP) is 1.51. The van der Waals surface area contributed by atoms with Crippen molar-refractivity contribution in [2.75, 3.05) is 5.75 Å². The molecule has 1 atom stereocenters. The maximum atomic E-state index is 10.9. The van der Waals surface area contributed by atoms with Crippen LogP contribution in [0.15, 0.2) is 30.3 Å². The van der Waals surface area contributed by atoms with Crippen LogP contribution in [0.3, 0.4) is 0 Å². The van der Waals surface area contributed by atoms with Crippen molar-refractivity contribution >= 4 is 22.8 Å². The van der Waals surface area contributed by atoms with Crippen molar-refractivity contribution < 1.29 is 14.7 Å². The minimum atomic E-state index is -0.935. The number of carboxylic acid groups (broad SMARTS) is 1. The molecule has 0 bridgehead atoms. The van der Waals surface area contributed by atoms with Crippen molar-refractivity contribution in [3.05, 3.63) is 35.9 Å². The van der Waals surface area contributed by atoms with Crippen molar-refractivity contribution in [3.8, 4) is 0 Å². The number of hydrogen-bond donors (Lipinski definition) is 2. The van der Waals surface area contributed by atoms with Gasteiger partial charge >= 0.3 is 5.97 Å². The van der Waals surface area contributed by atoms with Gasteiger partial charge in [0.15, 0.2) is 5.12 Å². The molecule has 0 fully saturated rings. The second kappa shape index (κ2) is 7.09. The minimum Gasteiger partial charge on any atom is -0.480 e.